The van der Waals surface area contributed by atoms with Crippen LogP contribution in [0, 0.1) is 11.7 Å². The van der Waals surface area contributed by atoms with Gasteiger partial charge in [-0.1, -0.05) is 26.0 Å². The lowest BCUT2D eigenvalue weighted by Crippen LogP contribution is -2.52. The molecule has 1 aromatic rings. The highest BCUT2D eigenvalue weighted by Crippen LogP contribution is 2.20. The maximum atomic E-state index is 13.7. The number of piperidine rings is 1. The Kier molecular flexibility index (Phi) is 6.97. The predicted molar refractivity (Wildman–Crippen MR) is 100 cm³/mol. The number of para-hydroxylation sites is 1. The van der Waals surface area contributed by atoms with Crippen LogP contribution >= 0.6 is 0 Å². The second-order valence-corrected chi connectivity index (χ2v) is 6.98. The van der Waals surface area contributed by atoms with Crippen LogP contribution in [0.4, 0.5) is 14.9 Å². The van der Waals surface area contributed by atoms with E-state index >= 15 is 0 Å². The summed E-state index contributed by atoms with van der Waals surface area (Å²) in [4.78, 5) is 26.4. The molecule has 0 saturated carbocycles. The van der Waals surface area contributed by atoms with Crippen LogP contribution in [-0.2, 0) is 4.79 Å². The number of nitrogens with one attached hydrogen (secondary N) is 2. The predicted octanol–water partition coefficient (Wildman–Crippen LogP) is 2.70. The fourth-order valence-electron chi connectivity index (χ4n) is 3.04. The molecule has 0 spiro atoms. The maximum Gasteiger partial charge on any atom is 0.321 e. The lowest BCUT2D eigenvalue weighted by Gasteiger charge is -2.33. The molecule has 1 heterocycles. The van der Waals surface area contributed by atoms with Gasteiger partial charge in [0, 0.05) is 25.2 Å². The van der Waals surface area contributed by atoms with Crippen molar-refractivity contribution in [3.63, 3.8) is 0 Å². The van der Waals surface area contributed by atoms with Gasteiger partial charge < -0.3 is 21.3 Å². The van der Waals surface area contributed by atoms with Gasteiger partial charge in [0.2, 0.25) is 5.91 Å². The molecule has 144 valence electrons. The first kappa shape index (κ1) is 20.2. The average molecular weight is 364 g/mol. The molecule has 3 amide bonds. The van der Waals surface area contributed by atoms with E-state index in [1.165, 1.54) is 12.1 Å². The fraction of sp³-hybridized carbons (Fsp3) is 0.579. The van der Waals surface area contributed by atoms with Crippen LogP contribution in [0.3, 0.4) is 0 Å². The summed E-state index contributed by atoms with van der Waals surface area (Å²) in [6.45, 7) is 5.31. The zero-order valence-electron chi connectivity index (χ0n) is 15.6. The summed E-state index contributed by atoms with van der Waals surface area (Å²) in [7, 11) is 0. The summed E-state index contributed by atoms with van der Waals surface area (Å²) in [5.74, 6) is -0.830. The number of anilines is 1. The molecule has 1 aliphatic rings. The number of carbonyl (C=O) groups is 2. The Bertz CT molecular complexity index is 634. The number of urea groups is 1. The summed E-state index contributed by atoms with van der Waals surface area (Å²) in [5, 5.41) is 5.51. The van der Waals surface area contributed by atoms with Crippen molar-refractivity contribution in [3.05, 3.63) is 30.1 Å². The van der Waals surface area contributed by atoms with E-state index in [1.807, 2.05) is 13.8 Å². The second-order valence-electron chi connectivity index (χ2n) is 6.98. The Hall–Kier alpha value is -2.15. The number of nitrogens with two attached hydrogens (primary N) is 1. The van der Waals surface area contributed by atoms with Crippen LogP contribution in [0.15, 0.2) is 24.3 Å². The number of likely N-dealkylation sites (tertiary alicyclic amines) is 1. The minimum atomic E-state index is -0.481. The Morgan fingerprint density at radius 1 is 1.31 bits per heavy atom. The van der Waals surface area contributed by atoms with E-state index < -0.39 is 11.4 Å². The van der Waals surface area contributed by atoms with Crippen LogP contribution < -0.4 is 16.4 Å². The smallest absolute Gasteiger partial charge is 0.321 e. The van der Waals surface area contributed by atoms with Crippen molar-refractivity contribution in [1.82, 2.24) is 10.2 Å². The second kappa shape index (κ2) is 8.98. The molecule has 0 bridgehead atoms. The number of hydrogen-bond donors (Lipinski definition) is 3. The Morgan fingerprint density at radius 3 is 2.65 bits per heavy atom. The molecule has 6 nitrogen and oxygen atoms in total. The van der Waals surface area contributed by atoms with E-state index in [-0.39, 0.29) is 23.5 Å². The molecular weight excluding hydrogens is 335 g/mol. The largest absolute Gasteiger partial charge is 0.354 e. The first-order chi connectivity index (χ1) is 12.4. The highest BCUT2D eigenvalue weighted by Gasteiger charge is 2.30. The molecule has 4 N–H and O–H groups in total. The van der Waals surface area contributed by atoms with Gasteiger partial charge in [-0.25, -0.2) is 9.18 Å². The highest BCUT2D eigenvalue weighted by molar-refractivity contribution is 5.90. The fourth-order valence-corrected chi connectivity index (χ4v) is 3.04. The normalized spacial score (nSPS) is 17.7. The summed E-state index contributed by atoms with van der Waals surface area (Å²) >= 11 is 0. The number of hydrogen-bond acceptors (Lipinski definition) is 3. The topological polar surface area (TPSA) is 87.5 Å². The molecule has 0 aromatic heterocycles. The zero-order chi connectivity index (χ0) is 19.2. The maximum absolute atomic E-state index is 13.7. The summed E-state index contributed by atoms with van der Waals surface area (Å²) in [6, 6.07) is 5.64. The molecule has 2 rings (SSSR count). The van der Waals surface area contributed by atoms with Gasteiger partial charge in [0.1, 0.15) is 5.82 Å². The monoisotopic (exact) mass is 364 g/mol. The molecule has 1 aliphatic heterocycles. The molecule has 0 aliphatic carbocycles. The van der Waals surface area contributed by atoms with Crippen molar-refractivity contribution in [3.8, 4) is 0 Å². The Morgan fingerprint density at radius 2 is 2.00 bits per heavy atom. The van der Waals surface area contributed by atoms with Crippen LogP contribution in [0.25, 0.3) is 0 Å². The number of carbonyl (C=O) groups excluding carboxylic acids is 2. The minimum absolute atomic E-state index is 0.0786. The van der Waals surface area contributed by atoms with Crippen LogP contribution in [0.1, 0.15) is 39.5 Å². The van der Waals surface area contributed by atoms with Gasteiger partial charge in [-0.3, -0.25) is 4.79 Å². The number of benzene rings is 1. The molecule has 1 fully saturated rings. The van der Waals surface area contributed by atoms with E-state index in [4.69, 9.17) is 5.73 Å². The number of halogens is 1. The van der Waals surface area contributed by atoms with Gasteiger partial charge in [0.25, 0.3) is 0 Å². The van der Waals surface area contributed by atoms with Crippen molar-refractivity contribution in [2.24, 2.45) is 11.7 Å². The van der Waals surface area contributed by atoms with Crippen molar-refractivity contribution in [1.29, 1.82) is 0 Å². The van der Waals surface area contributed by atoms with E-state index in [9.17, 15) is 14.0 Å². The lowest BCUT2D eigenvalue weighted by molar-refractivity contribution is -0.126. The average Bonchev–Trinajstić information content (AvgIpc) is 2.67. The summed E-state index contributed by atoms with van der Waals surface area (Å²) < 4.78 is 13.7. The standard InChI is InChI=1S/C19H29FN4O2/c1-3-19(21,4-2)13-22-17(25)14-8-7-11-24(12-14)18(26)23-16-10-6-5-9-15(16)20/h5-6,9-10,14H,3-4,7-8,11-13,21H2,1-2H3,(H,22,25)(H,23,26). The van der Waals surface area contributed by atoms with Gasteiger partial charge in [-0.2, -0.15) is 0 Å². The lowest BCUT2D eigenvalue weighted by atomic mass is 9.93. The number of nitrogens with zero attached hydrogens (tertiary/aromatic N) is 1. The SMILES string of the molecule is CCC(N)(CC)CNC(=O)C1CCCN(C(=O)Nc2ccccc2F)C1. The molecule has 1 atom stereocenters. The van der Waals surface area contributed by atoms with Crippen molar-refractivity contribution >= 4 is 17.6 Å². The highest BCUT2D eigenvalue weighted by atomic mass is 19.1. The van der Waals surface area contributed by atoms with Crippen molar-refractivity contribution in [2.45, 2.75) is 45.1 Å². The molecule has 1 aromatic carbocycles. The number of rotatable bonds is 6. The Labute approximate surface area is 154 Å². The number of amides is 3. The van der Waals surface area contributed by atoms with Crippen LogP contribution in [-0.4, -0.2) is 42.0 Å². The van der Waals surface area contributed by atoms with Gasteiger partial charge in [-0.05, 0) is 37.8 Å². The van der Waals surface area contributed by atoms with Gasteiger partial charge in [-0.15, -0.1) is 0 Å². The summed E-state index contributed by atoms with van der Waals surface area (Å²) in [6.07, 6.45) is 3.03. The minimum Gasteiger partial charge on any atom is -0.354 e. The van der Waals surface area contributed by atoms with Crippen LogP contribution in [0.2, 0.25) is 0 Å². The van der Waals surface area contributed by atoms with Crippen molar-refractivity contribution < 1.29 is 14.0 Å². The van der Waals surface area contributed by atoms with E-state index in [0.29, 0.717) is 19.6 Å². The quantitative estimate of drug-likeness (QED) is 0.725. The molecule has 7 heteroatoms. The Balaban J connectivity index is 1.90. The first-order valence-electron chi connectivity index (χ1n) is 9.25. The zero-order valence-corrected chi connectivity index (χ0v) is 15.6. The van der Waals surface area contributed by atoms with Gasteiger partial charge in [0.05, 0.1) is 11.6 Å². The van der Waals surface area contributed by atoms with E-state index in [2.05, 4.69) is 10.6 Å². The third-order valence-electron chi connectivity index (χ3n) is 5.22. The third-order valence-corrected chi connectivity index (χ3v) is 5.22. The van der Waals surface area contributed by atoms with Gasteiger partial charge >= 0.3 is 6.03 Å². The molecule has 1 saturated heterocycles. The molecular formula is C19H29FN4O2. The van der Waals surface area contributed by atoms with E-state index in [0.717, 1.165) is 25.7 Å². The van der Waals surface area contributed by atoms with E-state index in [1.54, 1.807) is 17.0 Å². The van der Waals surface area contributed by atoms with Gasteiger partial charge in [0.15, 0.2) is 0 Å². The van der Waals surface area contributed by atoms with Crippen molar-refractivity contribution in [2.75, 3.05) is 25.0 Å². The first-order valence-corrected chi connectivity index (χ1v) is 9.25. The third kappa shape index (κ3) is 5.17. The summed E-state index contributed by atoms with van der Waals surface area (Å²) in [5.41, 5.74) is 5.97. The molecule has 1 unspecified atom stereocenters. The molecule has 26 heavy (non-hydrogen) atoms. The van der Waals surface area contributed by atoms with Crippen LogP contribution in [0.5, 0.6) is 0 Å². The molecule has 0 radical (unpaired) electrons.